The van der Waals surface area contributed by atoms with Crippen molar-refractivity contribution in [2.45, 2.75) is 105 Å². The number of esters is 1. The second kappa shape index (κ2) is 13.6. The van der Waals surface area contributed by atoms with Crippen LogP contribution in [0, 0.1) is 34.5 Å². The fraction of sp³-hybridized carbons (Fsp3) is 0.774. The van der Waals surface area contributed by atoms with Gasteiger partial charge in [-0.1, -0.05) is 72.8 Å². The Hall–Kier alpha value is -1.40. The van der Waals surface area contributed by atoms with E-state index in [1.807, 2.05) is 6.92 Å². The second-order valence-electron chi connectivity index (χ2n) is 12.8. The highest BCUT2D eigenvalue weighted by Crippen LogP contribution is 2.43. The lowest BCUT2D eigenvalue weighted by Crippen LogP contribution is -2.47. The Balaban J connectivity index is 1.97. The van der Waals surface area contributed by atoms with Gasteiger partial charge in [-0.3, -0.25) is 14.4 Å². The molecule has 37 heavy (non-hydrogen) atoms. The summed E-state index contributed by atoms with van der Waals surface area (Å²) in [4.78, 5) is 39.3. The Morgan fingerprint density at radius 1 is 0.919 bits per heavy atom. The van der Waals surface area contributed by atoms with Gasteiger partial charge in [0.1, 0.15) is 17.6 Å². The first-order valence-corrected chi connectivity index (χ1v) is 15.2. The van der Waals surface area contributed by atoms with E-state index < -0.39 is 6.04 Å². The van der Waals surface area contributed by atoms with Crippen LogP contribution in [0.25, 0.3) is 0 Å². The molecule has 0 aromatic rings. The van der Waals surface area contributed by atoms with Gasteiger partial charge in [0.05, 0.1) is 6.61 Å². The van der Waals surface area contributed by atoms with Crippen LogP contribution in [-0.4, -0.2) is 47.2 Å². The van der Waals surface area contributed by atoms with E-state index in [0.717, 1.165) is 12.8 Å². The monoisotopic (exact) mass is 533 g/mol. The number of Topliss-reactive ketones (excluding diaryl/α,β-unsaturated/α-hetero) is 2. The van der Waals surface area contributed by atoms with Gasteiger partial charge in [-0.2, -0.15) is 11.8 Å². The minimum absolute atomic E-state index is 0.0202. The molecule has 0 saturated carbocycles. The van der Waals surface area contributed by atoms with Gasteiger partial charge in [0.15, 0.2) is 0 Å². The number of carbonyl (C=O) groups excluding carboxylic acids is 3. The number of hydrogen-bond donors (Lipinski definition) is 1. The molecule has 0 fully saturated rings. The molecule has 2 aliphatic carbocycles. The molecule has 0 amide bonds. The molecule has 4 unspecified atom stereocenters. The molecule has 0 aliphatic heterocycles. The lowest BCUT2D eigenvalue weighted by Gasteiger charge is -2.39. The van der Waals surface area contributed by atoms with Crippen molar-refractivity contribution >= 4 is 29.3 Å². The van der Waals surface area contributed by atoms with E-state index in [1.165, 1.54) is 0 Å². The van der Waals surface area contributed by atoms with Crippen LogP contribution in [0.2, 0.25) is 0 Å². The number of allylic oxidation sites excluding steroid dienone is 4. The summed E-state index contributed by atoms with van der Waals surface area (Å²) in [5, 5.41) is 3.47. The quantitative estimate of drug-likeness (QED) is 0.218. The summed E-state index contributed by atoms with van der Waals surface area (Å²) in [6, 6.07) is -0.668. The first-order valence-electron chi connectivity index (χ1n) is 14.1. The molecular formula is C31H51NO4S. The van der Waals surface area contributed by atoms with Crippen LogP contribution in [0.4, 0.5) is 0 Å². The van der Waals surface area contributed by atoms with Crippen LogP contribution in [-0.2, 0) is 19.1 Å². The van der Waals surface area contributed by atoms with Crippen LogP contribution in [0.5, 0.6) is 0 Å². The van der Waals surface area contributed by atoms with E-state index in [0.29, 0.717) is 31.0 Å². The number of rotatable bonds is 13. The van der Waals surface area contributed by atoms with Crippen molar-refractivity contribution in [3.8, 4) is 0 Å². The first-order chi connectivity index (χ1) is 17.2. The van der Waals surface area contributed by atoms with Gasteiger partial charge in [-0.15, -0.1) is 0 Å². The highest BCUT2D eigenvalue weighted by atomic mass is 32.2. The minimum Gasteiger partial charge on any atom is -0.465 e. The summed E-state index contributed by atoms with van der Waals surface area (Å²) in [6.07, 6.45) is 11.4. The predicted octanol–water partition coefficient (Wildman–Crippen LogP) is 6.41. The Morgan fingerprint density at radius 3 is 1.86 bits per heavy atom. The fourth-order valence-corrected chi connectivity index (χ4v) is 7.55. The largest absolute Gasteiger partial charge is 0.465 e. The van der Waals surface area contributed by atoms with Gasteiger partial charge in [-0.05, 0) is 49.4 Å². The van der Waals surface area contributed by atoms with Crippen molar-refractivity contribution in [2.75, 3.05) is 12.4 Å². The molecular weight excluding hydrogens is 482 g/mol. The summed E-state index contributed by atoms with van der Waals surface area (Å²) in [6.45, 7) is 19.1. The SMILES string of the molecule is CCOC(=O)[C@H](CSC(C)CC(=O)C1[C@H](C)C=CCC1(C)C)NC(C)CC(=O)C1[C@H](C)C=CCC1(C)C. The lowest BCUT2D eigenvalue weighted by molar-refractivity contribution is -0.145. The van der Waals surface area contributed by atoms with Crippen molar-refractivity contribution in [3.05, 3.63) is 24.3 Å². The smallest absolute Gasteiger partial charge is 0.323 e. The van der Waals surface area contributed by atoms with E-state index in [9.17, 15) is 14.4 Å². The summed E-state index contributed by atoms with van der Waals surface area (Å²) in [7, 11) is 0. The second-order valence-corrected chi connectivity index (χ2v) is 14.2. The molecule has 1 N–H and O–H groups in total. The van der Waals surface area contributed by atoms with Crippen molar-refractivity contribution in [3.63, 3.8) is 0 Å². The molecule has 0 spiro atoms. The van der Waals surface area contributed by atoms with Gasteiger partial charge in [0.25, 0.3) is 0 Å². The van der Waals surface area contributed by atoms with Crippen LogP contribution in [0.1, 0.15) is 88.0 Å². The Labute approximate surface area is 230 Å². The maximum absolute atomic E-state index is 13.3. The predicted molar refractivity (Wildman–Crippen MR) is 155 cm³/mol. The Morgan fingerprint density at radius 2 is 1.41 bits per heavy atom. The van der Waals surface area contributed by atoms with Crippen LogP contribution in [0.15, 0.2) is 24.3 Å². The fourth-order valence-electron chi connectivity index (χ4n) is 6.52. The van der Waals surface area contributed by atoms with E-state index in [1.54, 1.807) is 18.7 Å². The van der Waals surface area contributed by atoms with Gasteiger partial charge < -0.3 is 10.1 Å². The van der Waals surface area contributed by atoms with Crippen molar-refractivity contribution in [1.29, 1.82) is 0 Å². The molecule has 0 aromatic carbocycles. The van der Waals surface area contributed by atoms with E-state index >= 15 is 0 Å². The van der Waals surface area contributed by atoms with E-state index in [2.05, 4.69) is 78.1 Å². The average Bonchev–Trinajstić information content (AvgIpc) is 2.75. The lowest BCUT2D eigenvalue weighted by atomic mass is 9.64. The zero-order valence-electron chi connectivity index (χ0n) is 24.6. The maximum Gasteiger partial charge on any atom is 0.323 e. The number of ketones is 2. The van der Waals surface area contributed by atoms with Crippen molar-refractivity contribution in [1.82, 2.24) is 5.32 Å². The average molecular weight is 534 g/mol. The molecule has 6 heteroatoms. The number of nitrogens with one attached hydrogen (secondary N) is 1. The van der Waals surface area contributed by atoms with Crippen LogP contribution >= 0.6 is 11.8 Å². The zero-order valence-corrected chi connectivity index (χ0v) is 25.5. The molecule has 0 saturated heterocycles. The van der Waals surface area contributed by atoms with Crippen LogP contribution < -0.4 is 5.32 Å². The Bertz CT molecular complexity index is 861. The normalized spacial score (nSPS) is 28.8. The molecule has 0 aromatic heterocycles. The Kier molecular flexibility index (Phi) is 11.7. The summed E-state index contributed by atoms with van der Waals surface area (Å²) in [5.74, 6) is 1.21. The highest BCUT2D eigenvalue weighted by Gasteiger charge is 2.41. The molecule has 210 valence electrons. The van der Waals surface area contributed by atoms with E-state index in [-0.39, 0.29) is 57.5 Å². The summed E-state index contributed by atoms with van der Waals surface area (Å²) >= 11 is 1.63. The van der Waals surface area contributed by atoms with Gasteiger partial charge in [-0.25, -0.2) is 0 Å². The third-order valence-electron chi connectivity index (χ3n) is 8.20. The highest BCUT2D eigenvalue weighted by molar-refractivity contribution is 7.99. The summed E-state index contributed by atoms with van der Waals surface area (Å²) < 4.78 is 5.34. The molecule has 5 nitrogen and oxygen atoms in total. The molecule has 0 radical (unpaired) electrons. The topological polar surface area (TPSA) is 72.5 Å². The third-order valence-corrected chi connectivity index (χ3v) is 9.46. The molecule has 7 atom stereocenters. The van der Waals surface area contributed by atoms with Gasteiger partial charge in [0.2, 0.25) is 0 Å². The number of ether oxygens (including phenoxy) is 1. The zero-order chi connectivity index (χ0) is 28.0. The molecule has 0 heterocycles. The van der Waals surface area contributed by atoms with Crippen molar-refractivity contribution < 1.29 is 19.1 Å². The standard InChI is InChI=1S/C31H51NO4S/c1-10-36-29(35)24(32-22(4)17-25(33)27-20(2)13-11-15-30(27,6)7)19-37-23(5)18-26(34)28-21(3)14-12-16-31(28,8)9/h11-14,20-24,27-28,32H,10,15-19H2,1-9H3/t20-,21-,22?,23?,24+,27?,28?/m1/s1. The van der Waals surface area contributed by atoms with Crippen LogP contribution in [0.3, 0.4) is 0 Å². The number of hydrogen-bond acceptors (Lipinski definition) is 6. The number of carbonyl (C=O) groups is 3. The third kappa shape index (κ3) is 8.81. The number of thioether (sulfide) groups is 1. The van der Waals surface area contributed by atoms with Crippen molar-refractivity contribution in [2.24, 2.45) is 34.5 Å². The van der Waals surface area contributed by atoms with Gasteiger partial charge >= 0.3 is 5.97 Å². The summed E-state index contributed by atoms with van der Waals surface area (Å²) in [5.41, 5.74) is -0.101. The first kappa shape index (κ1) is 31.8. The molecule has 2 aliphatic rings. The van der Waals surface area contributed by atoms with E-state index in [4.69, 9.17) is 4.74 Å². The molecule has 0 bridgehead atoms. The minimum atomic E-state index is -0.519. The van der Waals surface area contributed by atoms with Gasteiger partial charge in [0, 0.05) is 41.7 Å². The maximum atomic E-state index is 13.3. The molecule has 2 rings (SSSR count).